The highest BCUT2D eigenvalue weighted by Gasteiger charge is 2.44. The standard InChI is InChI=1S/C11H17F3OS/c12-11(13,14)16-8-9-2-1-3-10(9)4-6-15-7-5-10/h9H,1-8H2. The van der Waals surface area contributed by atoms with Crippen LogP contribution in [0.3, 0.4) is 0 Å². The van der Waals surface area contributed by atoms with Gasteiger partial charge in [-0.15, -0.1) is 0 Å². The SMILES string of the molecule is FC(F)(F)SCC1CCCC12CCOCC2. The molecule has 1 atom stereocenters. The number of hydrogen-bond acceptors (Lipinski definition) is 2. The van der Waals surface area contributed by atoms with Crippen LogP contribution in [0.5, 0.6) is 0 Å². The van der Waals surface area contributed by atoms with Crippen molar-refractivity contribution in [2.75, 3.05) is 19.0 Å². The molecule has 1 aliphatic heterocycles. The first-order valence-electron chi connectivity index (χ1n) is 5.80. The Morgan fingerprint density at radius 2 is 1.88 bits per heavy atom. The van der Waals surface area contributed by atoms with Crippen LogP contribution in [0.15, 0.2) is 0 Å². The maximum Gasteiger partial charge on any atom is 0.441 e. The predicted molar refractivity (Wildman–Crippen MR) is 58.3 cm³/mol. The minimum atomic E-state index is -4.07. The van der Waals surface area contributed by atoms with Gasteiger partial charge in [0.15, 0.2) is 0 Å². The lowest BCUT2D eigenvalue weighted by Gasteiger charge is -2.39. The molecule has 1 heterocycles. The van der Waals surface area contributed by atoms with Crippen molar-refractivity contribution < 1.29 is 17.9 Å². The fourth-order valence-electron chi connectivity index (χ4n) is 3.10. The van der Waals surface area contributed by atoms with Crippen LogP contribution in [0, 0.1) is 11.3 Å². The van der Waals surface area contributed by atoms with E-state index in [0.717, 1.165) is 45.3 Å². The lowest BCUT2D eigenvalue weighted by molar-refractivity contribution is -0.0340. The molecule has 2 rings (SSSR count). The second-order valence-electron chi connectivity index (χ2n) is 4.82. The smallest absolute Gasteiger partial charge is 0.381 e. The highest BCUT2D eigenvalue weighted by Crippen LogP contribution is 2.52. The van der Waals surface area contributed by atoms with E-state index < -0.39 is 5.51 Å². The zero-order chi connectivity index (χ0) is 11.6. The molecule has 5 heteroatoms. The normalized spacial score (nSPS) is 29.8. The summed E-state index contributed by atoms with van der Waals surface area (Å²) in [6.07, 6.45) is 5.05. The average Bonchev–Trinajstić information content (AvgIpc) is 2.58. The number of thioether (sulfide) groups is 1. The molecule has 1 spiro atoms. The third kappa shape index (κ3) is 2.86. The Hall–Kier alpha value is 0.1000. The Kier molecular flexibility index (Phi) is 3.74. The Labute approximate surface area is 98.1 Å². The molecular weight excluding hydrogens is 237 g/mol. The predicted octanol–water partition coefficient (Wildman–Crippen LogP) is 3.84. The lowest BCUT2D eigenvalue weighted by Crippen LogP contribution is -2.34. The molecule has 0 radical (unpaired) electrons. The number of halogens is 3. The molecular formula is C11H17F3OS. The van der Waals surface area contributed by atoms with Gasteiger partial charge in [-0.2, -0.15) is 13.2 Å². The molecule has 0 amide bonds. The van der Waals surface area contributed by atoms with E-state index in [-0.39, 0.29) is 28.8 Å². The van der Waals surface area contributed by atoms with Gasteiger partial charge in [0.05, 0.1) is 0 Å². The molecule has 0 aromatic heterocycles. The molecule has 2 fully saturated rings. The summed E-state index contributed by atoms with van der Waals surface area (Å²) in [6.45, 7) is 1.46. The van der Waals surface area contributed by atoms with Crippen molar-refractivity contribution >= 4 is 11.8 Å². The van der Waals surface area contributed by atoms with E-state index in [0.29, 0.717) is 0 Å². The summed E-state index contributed by atoms with van der Waals surface area (Å²) in [4.78, 5) is 0. The van der Waals surface area contributed by atoms with E-state index in [1.165, 1.54) is 0 Å². The van der Waals surface area contributed by atoms with Crippen LogP contribution < -0.4 is 0 Å². The number of ether oxygens (including phenoxy) is 1. The monoisotopic (exact) mass is 254 g/mol. The summed E-state index contributed by atoms with van der Waals surface area (Å²) in [5.74, 6) is 0.478. The number of rotatable bonds is 2. The lowest BCUT2D eigenvalue weighted by atomic mass is 9.73. The fourth-order valence-corrected chi connectivity index (χ4v) is 4.01. The Balaban J connectivity index is 1.92. The minimum Gasteiger partial charge on any atom is -0.381 e. The summed E-state index contributed by atoms with van der Waals surface area (Å²) >= 11 is 0.158. The number of hydrogen-bond donors (Lipinski definition) is 0. The first kappa shape index (κ1) is 12.6. The topological polar surface area (TPSA) is 9.23 Å². The molecule has 1 unspecified atom stereocenters. The third-order valence-electron chi connectivity index (χ3n) is 4.03. The van der Waals surface area contributed by atoms with Crippen LogP contribution in [0.4, 0.5) is 13.2 Å². The van der Waals surface area contributed by atoms with Gasteiger partial charge in [-0.3, -0.25) is 0 Å². The molecule has 1 aliphatic carbocycles. The van der Waals surface area contributed by atoms with Gasteiger partial charge >= 0.3 is 5.51 Å². The first-order chi connectivity index (χ1) is 7.52. The maximum atomic E-state index is 12.2. The second-order valence-corrected chi connectivity index (χ2v) is 5.91. The summed E-state index contributed by atoms with van der Waals surface area (Å²) in [7, 11) is 0. The van der Waals surface area contributed by atoms with Gasteiger partial charge in [-0.25, -0.2) is 0 Å². The van der Waals surface area contributed by atoms with Crippen molar-refractivity contribution in [2.45, 2.75) is 37.6 Å². The van der Waals surface area contributed by atoms with Crippen LogP contribution in [0.1, 0.15) is 32.1 Å². The molecule has 1 saturated heterocycles. The van der Waals surface area contributed by atoms with Gasteiger partial charge in [-0.1, -0.05) is 18.2 Å². The molecule has 0 aromatic rings. The quantitative estimate of drug-likeness (QED) is 0.740. The third-order valence-corrected chi connectivity index (χ3v) is 4.93. The van der Waals surface area contributed by atoms with Crippen LogP contribution in [-0.2, 0) is 4.74 Å². The van der Waals surface area contributed by atoms with E-state index in [2.05, 4.69) is 0 Å². The van der Waals surface area contributed by atoms with Crippen LogP contribution >= 0.6 is 11.8 Å². The molecule has 2 aliphatic rings. The van der Waals surface area contributed by atoms with Crippen molar-refractivity contribution in [2.24, 2.45) is 11.3 Å². The van der Waals surface area contributed by atoms with Gasteiger partial charge in [0.25, 0.3) is 0 Å². The van der Waals surface area contributed by atoms with Crippen molar-refractivity contribution in [3.8, 4) is 0 Å². The van der Waals surface area contributed by atoms with Crippen LogP contribution in [-0.4, -0.2) is 24.5 Å². The molecule has 16 heavy (non-hydrogen) atoms. The van der Waals surface area contributed by atoms with Crippen molar-refractivity contribution in [1.29, 1.82) is 0 Å². The highest BCUT2D eigenvalue weighted by molar-refractivity contribution is 8.00. The molecule has 0 bridgehead atoms. The minimum absolute atomic E-state index is 0.158. The van der Waals surface area contributed by atoms with Gasteiger partial charge in [0.1, 0.15) is 0 Å². The van der Waals surface area contributed by atoms with Crippen LogP contribution in [0.2, 0.25) is 0 Å². The first-order valence-corrected chi connectivity index (χ1v) is 6.79. The van der Waals surface area contributed by atoms with Crippen molar-refractivity contribution in [3.05, 3.63) is 0 Å². The zero-order valence-electron chi connectivity index (χ0n) is 9.18. The van der Waals surface area contributed by atoms with E-state index in [9.17, 15) is 13.2 Å². The summed E-state index contributed by atoms with van der Waals surface area (Å²) in [6, 6.07) is 0. The van der Waals surface area contributed by atoms with Gasteiger partial charge in [0.2, 0.25) is 0 Å². The van der Waals surface area contributed by atoms with Crippen molar-refractivity contribution in [1.82, 2.24) is 0 Å². The van der Waals surface area contributed by atoms with Gasteiger partial charge < -0.3 is 4.74 Å². The van der Waals surface area contributed by atoms with Gasteiger partial charge in [-0.05, 0) is 37.0 Å². The Morgan fingerprint density at radius 1 is 1.19 bits per heavy atom. The second kappa shape index (κ2) is 4.77. The zero-order valence-corrected chi connectivity index (χ0v) is 10.0. The summed E-state index contributed by atoms with van der Waals surface area (Å²) < 4.78 is 41.9. The maximum absolute atomic E-state index is 12.2. The average molecular weight is 254 g/mol. The molecule has 0 aromatic carbocycles. The number of alkyl halides is 3. The van der Waals surface area contributed by atoms with E-state index in [1.54, 1.807) is 0 Å². The van der Waals surface area contributed by atoms with Crippen LogP contribution in [0.25, 0.3) is 0 Å². The van der Waals surface area contributed by atoms with Gasteiger partial charge in [0, 0.05) is 19.0 Å². The Bertz CT molecular complexity index is 236. The summed E-state index contributed by atoms with van der Waals surface area (Å²) in [5.41, 5.74) is -3.91. The Morgan fingerprint density at radius 3 is 2.50 bits per heavy atom. The van der Waals surface area contributed by atoms with Crippen molar-refractivity contribution in [3.63, 3.8) is 0 Å². The largest absolute Gasteiger partial charge is 0.441 e. The highest BCUT2D eigenvalue weighted by atomic mass is 32.2. The van der Waals surface area contributed by atoms with E-state index in [4.69, 9.17) is 4.74 Å². The molecule has 1 saturated carbocycles. The molecule has 94 valence electrons. The van der Waals surface area contributed by atoms with E-state index >= 15 is 0 Å². The molecule has 1 nitrogen and oxygen atoms in total. The van der Waals surface area contributed by atoms with E-state index in [1.807, 2.05) is 0 Å². The summed E-state index contributed by atoms with van der Waals surface area (Å²) in [5, 5.41) is 0. The molecule has 0 N–H and O–H groups in total. The fraction of sp³-hybridized carbons (Fsp3) is 1.00.